The molecule has 6 rings (SSSR count). The number of thiazole rings is 1. The summed E-state index contributed by atoms with van der Waals surface area (Å²) < 4.78 is 0. The number of phenols is 2. The maximum Gasteiger partial charge on any atom is 0.352 e. The van der Waals surface area contributed by atoms with Crippen molar-refractivity contribution in [3.05, 3.63) is 45.1 Å². The van der Waals surface area contributed by atoms with Gasteiger partial charge in [0.05, 0.1) is 10.6 Å². The van der Waals surface area contributed by atoms with Crippen LogP contribution in [0, 0.1) is 0 Å². The van der Waals surface area contributed by atoms with Crippen molar-refractivity contribution in [2.75, 3.05) is 17.2 Å². The van der Waals surface area contributed by atoms with Gasteiger partial charge in [0.25, 0.3) is 17.7 Å². The minimum atomic E-state index is -1.79. The van der Waals surface area contributed by atoms with E-state index in [-0.39, 0.29) is 50.3 Å². The molecule has 272 valence electrons. The van der Waals surface area contributed by atoms with Crippen LogP contribution in [0.2, 0.25) is 5.02 Å². The summed E-state index contributed by atoms with van der Waals surface area (Å²) in [5.41, 5.74) is 4.08. The number of hydrogen-bond donors (Lipinski definition) is 6. The Bertz CT molecular complexity index is 1870. The number of amides is 3. The number of hydrogen-bond acceptors (Lipinski definition) is 14. The van der Waals surface area contributed by atoms with Crippen LogP contribution < -0.4 is 11.1 Å². The molecule has 3 saturated heterocycles. The number of nitrogen functional groups attached to an aromatic ring is 1. The minimum absolute atomic E-state index is 0.00799. The smallest absolute Gasteiger partial charge is 0.352 e. The highest BCUT2D eigenvalue weighted by atomic mass is 35.5. The van der Waals surface area contributed by atoms with Gasteiger partial charge in [0.2, 0.25) is 5.60 Å². The van der Waals surface area contributed by atoms with Crippen molar-refractivity contribution >= 4 is 87.0 Å². The molecule has 51 heavy (non-hydrogen) atoms. The number of carbonyl (C=O) groups is 5. The lowest BCUT2D eigenvalue weighted by Crippen LogP contribution is -2.71. The van der Waals surface area contributed by atoms with Crippen molar-refractivity contribution in [1.82, 2.24) is 20.1 Å². The van der Waals surface area contributed by atoms with Crippen LogP contribution in [0.4, 0.5) is 5.13 Å². The van der Waals surface area contributed by atoms with Crippen LogP contribution in [0.15, 0.2) is 33.9 Å². The second-order valence-electron chi connectivity index (χ2n) is 12.8. The number of β-lactam (4-membered cyclic amide) rings is 1. The topological polar surface area (TPSA) is 245 Å². The van der Waals surface area contributed by atoms with Gasteiger partial charge in [-0.25, -0.2) is 14.6 Å². The van der Waals surface area contributed by atoms with Crippen LogP contribution in [0.3, 0.4) is 0 Å². The number of aromatic nitrogens is 1. The zero-order valence-corrected chi connectivity index (χ0v) is 30.3. The summed E-state index contributed by atoms with van der Waals surface area (Å²) in [5, 5.41) is 46.4. The van der Waals surface area contributed by atoms with Gasteiger partial charge in [-0.2, -0.15) is 11.8 Å². The number of nitrogens with zero attached hydrogens (tertiary/aromatic N) is 4. The molecule has 1 unspecified atom stereocenters. The van der Waals surface area contributed by atoms with Gasteiger partial charge in [-0.3, -0.25) is 19.3 Å². The highest BCUT2D eigenvalue weighted by molar-refractivity contribution is 8.01. The first-order chi connectivity index (χ1) is 24.1. The molecule has 16 nitrogen and oxygen atoms in total. The molecule has 0 radical (unpaired) electrons. The predicted octanol–water partition coefficient (Wildman–Crippen LogP) is 2.68. The molecule has 1 aromatic heterocycles. The first kappa shape index (κ1) is 36.6. The molecular weight excluding hydrogens is 748 g/mol. The first-order valence-electron chi connectivity index (χ1n) is 15.7. The van der Waals surface area contributed by atoms with Gasteiger partial charge in [-0.1, -0.05) is 16.8 Å². The van der Waals surface area contributed by atoms with E-state index in [2.05, 4.69) is 15.5 Å². The molecule has 1 aromatic carbocycles. The number of thioether (sulfide) groups is 2. The Morgan fingerprint density at radius 1 is 1.18 bits per heavy atom. The van der Waals surface area contributed by atoms with Crippen LogP contribution in [-0.4, -0.2) is 116 Å². The van der Waals surface area contributed by atoms with Crippen molar-refractivity contribution in [1.29, 1.82) is 0 Å². The number of aliphatic carboxylic acids is 2. The molecule has 4 aliphatic rings. The van der Waals surface area contributed by atoms with Crippen molar-refractivity contribution in [3.63, 3.8) is 0 Å². The standard InChI is InChI=1S/C31H33ClN6O10S3/c1-31(2,29(46)47)48-36-20(17-11-51-30(33)34-17)24(41)35-21-26(43)38-22(28(44)45)12(10-50-27(21)38)9-49-15-7-13-3-4-14(8-15)37(13)25(42)16-5-6-18(39)23(40)19(16)32/h5-6,11,13-15,21,27,39-40H,3-4,7-10H2,1-2H3,(H2,33,34)(H,35,41)(H,44,45)(H,46,47)/b36-20-/t13-,14+,15?,21-,27-/m1/s1. The second kappa shape index (κ2) is 14.1. The molecule has 7 N–H and O–H groups in total. The fourth-order valence-electron chi connectivity index (χ4n) is 6.48. The van der Waals surface area contributed by atoms with Gasteiger partial charge >= 0.3 is 11.9 Å². The molecule has 3 fully saturated rings. The number of rotatable bonds is 11. The third kappa shape index (κ3) is 6.91. The normalized spacial score (nSPS) is 24.6. The van der Waals surface area contributed by atoms with Crippen LogP contribution in [-0.2, 0) is 24.0 Å². The quantitative estimate of drug-likeness (QED) is 0.0831. The maximum absolute atomic E-state index is 13.4. The number of anilines is 1. The van der Waals surface area contributed by atoms with E-state index in [0.29, 0.717) is 29.9 Å². The first-order valence-corrected chi connectivity index (χ1v) is 19.0. The van der Waals surface area contributed by atoms with Crippen LogP contribution >= 0.6 is 46.5 Å². The summed E-state index contributed by atoms with van der Waals surface area (Å²) in [6.07, 6.45) is 2.91. The number of nitrogens with one attached hydrogen (secondary N) is 1. The van der Waals surface area contributed by atoms with Crippen LogP contribution in [0.25, 0.3) is 0 Å². The number of fused-ring (bicyclic) bond motifs is 3. The fourth-order valence-corrected chi connectivity index (χ4v) is 10.1. The number of halogens is 1. The third-order valence-electron chi connectivity index (χ3n) is 9.14. The Labute approximate surface area is 308 Å². The molecule has 0 spiro atoms. The lowest BCUT2D eigenvalue weighted by molar-refractivity contribution is -0.161. The molecular formula is C31H33ClN6O10S3. The third-order valence-corrected chi connectivity index (χ3v) is 12.9. The fraction of sp³-hybridized carbons (Fsp3) is 0.452. The van der Waals surface area contributed by atoms with Crippen molar-refractivity contribution in [2.45, 2.75) is 73.9 Å². The van der Waals surface area contributed by atoms with Crippen LogP contribution in [0.5, 0.6) is 11.5 Å². The van der Waals surface area contributed by atoms with E-state index in [1.54, 1.807) is 16.7 Å². The van der Waals surface area contributed by atoms with E-state index >= 15 is 0 Å². The Hall–Kier alpha value is -4.20. The van der Waals surface area contributed by atoms with E-state index in [9.17, 15) is 44.4 Å². The van der Waals surface area contributed by atoms with Gasteiger partial charge in [0, 0.05) is 34.2 Å². The molecule has 2 aromatic rings. The van der Waals surface area contributed by atoms with Gasteiger partial charge < -0.3 is 41.2 Å². The average Bonchev–Trinajstić information content (AvgIpc) is 3.63. The van der Waals surface area contributed by atoms with Gasteiger partial charge in [0.1, 0.15) is 22.8 Å². The molecule has 20 heteroatoms. The minimum Gasteiger partial charge on any atom is -0.504 e. The average molecular weight is 781 g/mol. The van der Waals surface area contributed by atoms with Crippen LogP contribution in [0.1, 0.15) is 55.6 Å². The number of nitrogens with two attached hydrogens (primary N) is 1. The second-order valence-corrected chi connectivity index (χ2v) is 16.5. The largest absolute Gasteiger partial charge is 0.504 e. The summed E-state index contributed by atoms with van der Waals surface area (Å²) in [4.78, 5) is 76.3. The van der Waals surface area contributed by atoms with Crippen molar-refractivity contribution in [3.8, 4) is 11.5 Å². The number of phenolic OH excluding ortho intramolecular Hbond substituents is 2. The number of benzene rings is 1. The summed E-state index contributed by atoms with van der Waals surface area (Å²) in [7, 11) is 0. The van der Waals surface area contributed by atoms with E-state index in [0.717, 1.165) is 24.2 Å². The molecule has 5 atom stereocenters. The lowest BCUT2D eigenvalue weighted by atomic mass is 10.0. The Morgan fingerprint density at radius 2 is 1.86 bits per heavy atom. The Kier molecular flexibility index (Phi) is 10.1. The zero-order chi connectivity index (χ0) is 36.9. The Morgan fingerprint density at radius 3 is 2.47 bits per heavy atom. The molecule has 0 aliphatic carbocycles. The number of aromatic hydroxyl groups is 2. The summed E-state index contributed by atoms with van der Waals surface area (Å²) in [5.74, 6) is -4.76. The number of carbonyl (C=O) groups excluding carboxylic acids is 3. The number of piperidine rings is 1. The molecule has 4 aliphatic heterocycles. The molecule has 3 amide bonds. The van der Waals surface area contributed by atoms with Crippen molar-refractivity contribution in [2.24, 2.45) is 5.16 Å². The Balaban J connectivity index is 1.11. The van der Waals surface area contributed by atoms with E-state index in [4.69, 9.17) is 22.2 Å². The predicted molar refractivity (Wildman–Crippen MR) is 189 cm³/mol. The highest BCUT2D eigenvalue weighted by Crippen LogP contribution is 2.45. The van der Waals surface area contributed by atoms with Gasteiger partial charge in [-0.05, 0) is 57.2 Å². The highest BCUT2D eigenvalue weighted by Gasteiger charge is 2.54. The molecule has 5 heterocycles. The van der Waals surface area contributed by atoms with E-state index < -0.39 is 58.0 Å². The summed E-state index contributed by atoms with van der Waals surface area (Å²) >= 11 is 10.1. The van der Waals surface area contributed by atoms with Gasteiger partial charge in [-0.15, -0.1) is 23.1 Å². The molecule has 2 bridgehead atoms. The summed E-state index contributed by atoms with van der Waals surface area (Å²) in [6, 6.07) is 1.37. The van der Waals surface area contributed by atoms with E-state index in [1.807, 2.05) is 0 Å². The lowest BCUT2D eigenvalue weighted by Gasteiger charge is -2.49. The number of oxime groups is 1. The monoisotopic (exact) mass is 780 g/mol. The number of carboxylic acids is 2. The zero-order valence-electron chi connectivity index (χ0n) is 27.1. The maximum atomic E-state index is 13.4. The van der Waals surface area contributed by atoms with Crippen molar-refractivity contribution < 1.29 is 49.2 Å². The van der Waals surface area contributed by atoms with Gasteiger partial charge in [0.15, 0.2) is 22.3 Å². The number of carboxylic acid groups (broad SMARTS) is 2. The van der Waals surface area contributed by atoms with E-state index in [1.165, 1.54) is 48.0 Å². The molecule has 0 saturated carbocycles. The summed E-state index contributed by atoms with van der Waals surface area (Å²) in [6.45, 7) is 2.48. The SMILES string of the molecule is CC(C)(O/N=C(\C(=O)N[C@@H]1C(=O)N2C(C(=O)O)=C(CSC3C[C@H]4CC[C@@H](C3)N4C(=O)c3ccc(O)c(O)c3Cl)CS[C@H]12)c1csc(N)n1)C(=O)O.